The molecule has 0 radical (unpaired) electrons. The number of Topliss-reactive ketones (excluding diaryl/α,β-unsaturated/α-hetero) is 1. The molecule has 2 N–H and O–H groups in total. The first-order valence-corrected chi connectivity index (χ1v) is 12.0. The van der Waals surface area contributed by atoms with E-state index < -0.39 is 0 Å². The molecular formula is C29H30N4O2. The van der Waals surface area contributed by atoms with E-state index in [9.17, 15) is 4.79 Å². The number of rotatable bonds is 6. The summed E-state index contributed by atoms with van der Waals surface area (Å²) < 4.78 is 5.30. The number of pyridine rings is 2. The Labute approximate surface area is 206 Å². The van der Waals surface area contributed by atoms with Gasteiger partial charge in [-0.25, -0.2) is 4.98 Å². The molecule has 3 heterocycles. The normalized spacial score (nSPS) is 19.8. The Morgan fingerprint density at radius 1 is 1.03 bits per heavy atom. The van der Waals surface area contributed by atoms with E-state index in [1.165, 1.54) is 0 Å². The SMILES string of the molecule is COc1ccc(C2CC(=O)C3=C(C2)NC(C)=C(CNc2ccc(C)cn2)C3c2ccccn2)cc1. The van der Waals surface area contributed by atoms with Crippen LogP contribution in [-0.2, 0) is 4.79 Å². The van der Waals surface area contributed by atoms with E-state index >= 15 is 0 Å². The molecule has 1 aliphatic carbocycles. The van der Waals surface area contributed by atoms with Crippen LogP contribution in [0.25, 0.3) is 0 Å². The Kier molecular flexibility index (Phi) is 6.36. The topological polar surface area (TPSA) is 76.1 Å². The fourth-order valence-electron chi connectivity index (χ4n) is 5.06. The second kappa shape index (κ2) is 9.74. The third-order valence-electron chi connectivity index (χ3n) is 6.91. The second-order valence-corrected chi connectivity index (χ2v) is 9.23. The lowest BCUT2D eigenvalue weighted by Gasteiger charge is -2.37. The number of aromatic nitrogens is 2. The molecule has 2 aliphatic rings. The van der Waals surface area contributed by atoms with Gasteiger partial charge >= 0.3 is 0 Å². The molecule has 0 saturated carbocycles. The van der Waals surface area contributed by atoms with Gasteiger partial charge in [0.1, 0.15) is 11.6 Å². The summed E-state index contributed by atoms with van der Waals surface area (Å²) in [6, 6.07) is 18.0. The smallest absolute Gasteiger partial charge is 0.162 e. The van der Waals surface area contributed by atoms with Gasteiger partial charge < -0.3 is 15.4 Å². The summed E-state index contributed by atoms with van der Waals surface area (Å²) in [5.41, 5.74) is 7.18. The summed E-state index contributed by atoms with van der Waals surface area (Å²) in [4.78, 5) is 22.8. The number of methoxy groups -OCH3 is 1. The first-order valence-electron chi connectivity index (χ1n) is 12.0. The molecule has 2 atom stereocenters. The van der Waals surface area contributed by atoms with Crippen LogP contribution >= 0.6 is 0 Å². The van der Waals surface area contributed by atoms with Gasteiger partial charge in [0.25, 0.3) is 0 Å². The molecule has 5 rings (SSSR count). The Bertz CT molecular complexity index is 1280. The molecule has 2 aromatic heterocycles. The molecule has 2 unspecified atom stereocenters. The van der Waals surface area contributed by atoms with Crippen LogP contribution in [0.3, 0.4) is 0 Å². The maximum atomic E-state index is 13.7. The summed E-state index contributed by atoms with van der Waals surface area (Å²) in [5, 5.41) is 7.04. The zero-order valence-corrected chi connectivity index (χ0v) is 20.3. The van der Waals surface area contributed by atoms with E-state index in [-0.39, 0.29) is 17.6 Å². The molecule has 6 nitrogen and oxygen atoms in total. The van der Waals surface area contributed by atoms with Gasteiger partial charge in [-0.3, -0.25) is 9.78 Å². The average Bonchev–Trinajstić information content (AvgIpc) is 2.88. The van der Waals surface area contributed by atoms with Crippen molar-refractivity contribution in [3.05, 3.63) is 106 Å². The summed E-state index contributed by atoms with van der Waals surface area (Å²) in [5.74, 6) is 1.75. The molecule has 0 saturated heterocycles. The number of carbonyl (C=O) groups is 1. The average molecular weight is 467 g/mol. The molecule has 35 heavy (non-hydrogen) atoms. The van der Waals surface area contributed by atoms with Gasteiger partial charge in [-0.15, -0.1) is 0 Å². The molecule has 1 aromatic carbocycles. The number of nitrogens with zero attached hydrogens (tertiary/aromatic N) is 2. The molecule has 3 aromatic rings. The number of ether oxygens (including phenoxy) is 1. The van der Waals surface area contributed by atoms with Gasteiger partial charge in [0.15, 0.2) is 5.78 Å². The van der Waals surface area contributed by atoms with Crippen molar-refractivity contribution in [2.75, 3.05) is 19.0 Å². The molecule has 0 fully saturated rings. The van der Waals surface area contributed by atoms with Crippen LogP contribution in [0.1, 0.15) is 48.4 Å². The fraction of sp³-hybridized carbons (Fsp3) is 0.276. The van der Waals surface area contributed by atoms with Crippen molar-refractivity contribution >= 4 is 11.6 Å². The summed E-state index contributed by atoms with van der Waals surface area (Å²) in [7, 11) is 1.66. The van der Waals surface area contributed by atoms with Gasteiger partial charge in [-0.05, 0) is 73.2 Å². The van der Waals surface area contributed by atoms with Crippen LogP contribution in [0.4, 0.5) is 5.82 Å². The zero-order valence-electron chi connectivity index (χ0n) is 20.3. The molecule has 1 aliphatic heterocycles. The predicted octanol–water partition coefficient (Wildman–Crippen LogP) is 5.27. The van der Waals surface area contributed by atoms with Crippen molar-refractivity contribution < 1.29 is 9.53 Å². The quantitative estimate of drug-likeness (QED) is 0.516. The number of hydrogen-bond acceptors (Lipinski definition) is 6. The number of anilines is 1. The van der Waals surface area contributed by atoms with Gasteiger partial charge in [0.2, 0.25) is 0 Å². The number of benzene rings is 1. The van der Waals surface area contributed by atoms with Gasteiger partial charge in [-0.1, -0.05) is 24.3 Å². The number of allylic oxidation sites excluding steroid dienone is 3. The number of dihydropyridines is 1. The molecule has 178 valence electrons. The highest BCUT2D eigenvalue weighted by Gasteiger charge is 2.39. The Hall–Kier alpha value is -3.93. The van der Waals surface area contributed by atoms with Gasteiger partial charge in [-0.2, -0.15) is 0 Å². The maximum absolute atomic E-state index is 13.7. The number of ketones is 1. The number of hydrogen-bond donors (Lipinski definition) is 2. The van der Waals surface area contributed by atoms with Crippen molar-refractivity contribution in [1.29, 1.82) is 0 Å². The molecule has 6 heteroatoms. The molecular weight excluding hydrogens is 436 g/mol. The Balaban J connectivity index is 1.47. The highest BCUT2D eigenvalue weighted by molar-refractivity contribution is 6.00. The van der Waals surface area contributed by atoms with Gasteiger partial charge in [0.05, 0.1) is 18.7 Å². The lowest BCUT2D eigenvalue weighted by molar-refractivity contribution is -0.116. The van der Waals surface area contributed by atoms with E-state index in [1.54, 1.807) is 13.3 Å². The fourth-order valence-corrected chi connectivity index (χ4v) is 5.06. The lowest BCUT2D eigenvalue weighted by Crippen LogP contribution is -2.35. The van der Waals surface area contributed by atoms with Crippen molar-refractivity contribution in [2.45, 2.75) is 38.5 Å². The first-order chi connectivity index (χ1) is 17.0. The standard InChI is InChI=1S/C29H30N4O2/c1-18-7-12-27(31-16-18)32-17-23-19(2)33-25-14-21(20-8-10-22(35-3)11-9-20)15-26(34)29(25)28(23)24-6-4-5-13-30-24/h4-13,16,21,28,33H,14-15,17H2,1-3H3,(H,31,32). The minimum Gasteiger partial charge on any atom is -0.497 e. The third kappa shape index (κ3) is 4.69. The van der Waals surface area contributed by atoms with Crippen molar-refractivity contribution in [2.24, 2.45) is 0 Å². The number of carbonyl (C=O) groups excluding carboxylic acids is 1. The van der Waals surface area contributed by atoms with Crippen LogP contribution in [-0.4, -0.2) is 29.4 Å². The van der Waals surface area contributed by atoms with Crippen molar-refractivity contribution in [3.8, 4) is 5.75 Å². The van der Waals surface area contributed by atoms with Crippen molar-refractivity contribution in [3.63, 3.8) is 0 Å². The molecule has 0 amide bonds. The molecule has 0 spiro atoms. The number of aryl methyl sites for hydroxylation is 1. The monoisotopic (exact) mass is 466 g/mol. The third-order valence-corrected chi connectivity index (χ3v) is 6.91. The van der Waals surface area contributed by atoms with E-state index in [2.05, 4.69) is 39.7 Å². The van der Waals surface area contributed by atoms with Crippen LogP contribution < -0.4 is 15.4 Å². The lowest BCUT2D eigenvalue weighted by atomic mass is 9.73. The highest BCUT2D eigenvalue weighted by Crippen LogP contribution is 2.45. The van der Waals surface area contributed by atoms with Gasteiger partial charge in [0, 0.05) is 42.3 Å². The van der Waals surface area contributed by atoms with Crippen LogP contribution in [0.15, 0.2) is 89.5 Å². The largest absolute Gasteiger partial charge is 0.497 e. The van der Waals surface area contributed by atoms with Crippen LogP contribution in [0, 0.1) is 6.92 Å². The van der Waals surface area contributed by atoms with E-state index in [4.69, 9.17) is 4.74 Å². The Morgan fingerprint density at radius 3 is 2.54 bits per heavy atom. The van der Waals surface area contributed by atoms with Crippen molar-refractivity contribution in [1.82, 2.24) is 15.3 Å². The predicted molar refractivity (Wildman–Crippen MR) is 137 cm³/mol. The summed E-state index contributed by atoms with van der Waals surface area (Å²) in [6.45, 7) is 4.68. The van der Waals surface area contributed by atoms with E-state index in [1.807, 2.05) is 55.6 Å². The van der Waals surface area contributed by atoms with E-state index in [0.717, 1.165) is 57.3 Å². The van der Waals surface area contributed by atoms with Crippen LogP contribution in [0.5, 0.6) is 5.75 Å². The maximum Gasteiger partial charge on any atom is 0.162 e. The minimum absolute atomic E-state index is 0.133. The zero-order chi connectivity index (χ0) is 24.4. The Morgan fingerprint density at radius 2 is 1.86 bits per heavy atom. The molecule has 0 bridgehead atoms. The minimum atomic E-state index is -0.185. The van der Waals surface area contributed by atoms with Crippen LogP contribution in [0.2, 0.25) is 0 Å². The summed E-state index contributed by atoms with van der Waals surface area (Å²) >= 11 is 0. The first kappa shape index (κ1) is 22.8. The summed E-state index contributed by atoms with van der Waals surface area (Å²) in [6.07, 6.45) is 4.92. The van der Waals surface area contributed by atoms with E-state index in [0.29, 0.717) is 13.0 Å². The number of nitrogens with one attached hydrogen (secondary N) is 2. The highest BCUT2D eigenvalue weighted by atomic mass is 16.5. The second-order valence-electron chi connectivity index (χ2n) is 9.23.